The van der Waals surface area contributed by atoms with E-state index in [2.05, 4.69) is 41.0 Å². The van der Waals surface area contributed by atoms with Gasteiger partial charge in [0.05, 0.1) is 0 Å². The summed E-state index contributed by atoms with van der Waals surface area (Å²) in [6.07, 6.45) is 13.0. The fourth-order valence-corrected chi connectivity index (χ4v) is 11.8. The predicted molar refractivity (Wildman–Crippen MR) is 434 cm³/mol. The van der Waals surface area contributed by atoms with Crippen molar-refractivity contribution in [1.29, 1.82) is 0 Å². The lowest BCUT2D eigenvalue weighted by Gasteiger charge is -2.32. The fraction of sp³-hybridized carbons (Fsp3) is 0.774. The topological polar surface area (TPSA) is 403 Å². The van der Waals surface area contributed by atoms with Gasteiger partial charge in [0, 0.05) is 37.4 Å². The van der Waals surface area contributed by atoms with Gasteiger partial charge in [0.1, 0.15) is 98.9 Å². The molecule has 7 heterocycles. The molecule has 0 spiro atoms. The monoisotopic (exact) mass is 1640 g/mol. The Morgan fingerprint density at radius 3 is 0.983 bits per heavy atom. The van der Waals surface area contributed by atoms with E-state index in [-0.39, 0.29) is 74.1 Å². The molecule has 7 rings (SSSR count). The minimum atomic E-state index is -1.01. The first-order chi connectivity index (χ1) is 51.7. The number of aliphatic carboxylic acids is 1. The first-order valence-electron chi connectivity index (χ1n) is 39.5. The van der Waals surface area contributed by atoms with Gasteiger partial charge in [0.2, 0.25) is 17.7 Å². The van der Waals surface area contributed by atoms with Crippen molar-refractivity contribution in [3.8, 4) is 0 Å². The highest BCUT2D eigenvalue weighted by atomic mass is 16.6. The van der Waals surface area contributed by atoms with Crippen molar-refractivity contribution >= 4 is 77.8 Å². The van der Waals surface area contributed by atoms with E-state index in [1.807, 2.05) is 116 Å². The van der Waals surface area contributed by atoms with Gasteiger partial charge in [0.25, 0.3) is 0 Å². The first-order valence-corrected chi connectivity index (χ1v) is 39.5. The second-order valence-electron chi connectivity index (χ2n) is 37.8. The Bertz CT molecular complexity index is 3220. The second-order valence-corrected chi connectivity index (χ2v) is 37.8. The van der Waals surface area contributed by atoms with Crippen LogP contribution in [0.1, 0.15) is 304 Å². The first kappa shape index (κ1) is 107. The number of aliphatic hydroxyl groups is 1. The third-order valence-electron chi connectivity index (χ3n) is 16.1. The summed E-state index contributed by atoms with van der Waals surface area (Å²) in [6.45, 7) is 59.6. The number of rotatable bonds is 13. The lowest BCUT2D eigenvalue weighted by atomic mass is 10.1. The second kappa shape index (κ2) is 45.5. The van der Waals surface area contributed by atoms with Gasteiger partial charge in [-0.3, -0.25) is 33.8 Å². The van der Waals surface area contributed by atoms with Crippen molar-refractivity contribution in [2.75, 3.05) is 0 Å². The smallest absolute Gasteiger partial charge is 0.417 e. The van der Waals surface area contributed by atoms with E-state index in [9.17, 15) is 67.4 Å². The van der Waals surface area contributed by atoms with Crippen LogP contribution in [0.15, 0.2) is 38.0 Å². The lowest BCUT2D eigenvalue weighted by molar-refractivity contribution is -0.162. The Morgan fingerprint density at radius 1 is 0.357 bits per heavy atom. The standard InChI is InChI=1S/C17H29NO4.C14H25NO5.C14H23NO5.2C12H21NO2.C9H15NO3.C5H7NO3.CH4/c1-8-9-12-10-11-13(14(19)21-16(2,3)4)18(12)15(20)22-17(5,6)7;2*1-13(2,3)19-11(17)9-7-8-10(16)15(9)12(18)20-14(4,5)6;2*1-5-6-9-7-8-10(13-9)11(14)15-12(2,3)4;1-9(2,3)13-8(12)6-4-5-7(11)10-6;7-4-2-1-3(6-4)5(8)9;/h8,12-13H,1,9-11H2,2-7H3;9-10,16H,7-8H2,1-6H3;9H,7-8H2,1-6H3;2*5,9-10,13H,1,6-8H2,2-4H3;6H,4-5H2,1-3H3,(H,10,11);3H,1-2H2,(H,6,7)(H,8,9);1H4/t12?,13-;9-,10?;9-;9-,10+;9-,10-;6-;3-;/m0001000./s1. The van der Waals surface area contributed by atoms with Crippen LogP contribution in [0.2, 0.25) is 0 Å². The number of carboxylic acids is 1. The van der Waals surface area contributed by atoms with Crippen molar-refractivity contribution in [2.45, 2.75) is 421 Å². The molecule has 7 saturated heterocycles. The van der Waals surface area contributed by atoms with Gasteiger partial charge in [-0.15, -0.1) is 19.7 Å². The average molecular weight is 1640 g/mol. The summed E-state index contributed by atoms with van der Waals surface area (Å²) < 4.78 is 47.6. The van der Waals surface area contributed by atoms with Crippen LogP contribution in [-0.4, -0.2) is 220 Å². The predicted octanol–water partition coefficient (Wildman–Crippen LogP) is 12.6. The Kier molecular flexibility index (Phi) is 42.3. The molecule has 0 saturated carbocycles. The van der Waals surface area contributed by atoms with Gasteiger partial charge in [0.15, 0.2) is 0 Å². The number of esters is 6. The van der Waals surface area contributed by atoms with Crippen LogP contribution in [0.3, 0.4) is 0 Å². The Balaban J connectivity index is 0.00000133. The number of amides is 6. The molecule has 0 aromatic heterocycles. The maximum atomic E-state index is 12.5. The van der Waals surface area contributed by atoms with E-state index < -0.39 is 129 Å². The number of aliphatic hydroxyl groups excluding tert-OH is 1. The van der Waals surface area contributed by atoms with E-state index in [4.69, 9.17) is 47.7 Å². The van der Waals surface area contributed by atoms with Crippen LogP contribution in [-0.2, 0) is 90.6 Å². The van der Waals surface area contributed by atoms with Crippen molar-refractivity contribution in [2.24, 2.45) is 0 Å². The Labute approximate surface area is 684 Å². The van der Waals surface area contributed by atoms with Crippen molar-refractivity contribution in [3.63, 3.8) is 0 Å². The maximum absolute atomic E-state index is 12.5. The number of carboxylic acid groups (broad SMARTS) is 1. The highest BCUT2D eigenvalue weighted by Crippen LogP contribution is 2.33. The molecular formula is C84H145N7O24. The van der Waals surface area contributed by atoms with Crippen LogP contribution in [0.5, 0.6) is 0 Å². The van der Waals surface area contributed by atoms with E-state index in [0.717, 1.165) is 54.7 Å². The highest BCUT2D eigenvalue weighted by Gasteiger charge is 2.48. The molecule has 0 bridgehead atoms. The van der Waals surface area contributed by atoms with Crippen LogP contribution in [0.4, 0.5) is 14.4 Å². The third kappa shape index (κ3) is 44.1. The normalized spacial score (nSPS) is 23.3. The molecule has 6 N–H and O–H groups in total. The summed E-state index contributed by atoms with van der Waals surface area (Å²) in [6, 6.07) is -2.90. The van der Waals surface area contributed by atoms with Gasteiger partial charge < -0.3 is 74.1 Å². The zero-order valence-corrected chi connectivity index (χ0v) is 73.4. The van der Waals surface area contributed by atoms with Crippen LogP contribution < -0.4 is 21.3 Å². The van der Waals surface area contributed by atoms with E-state index in [1.54, 1.807) is 89.2 Å². The van der Waals surface area contributed by atoms with Gasteiger partial charge in [-0.1, -0.05) is 25.7 Å². The molecule has 31 heteroatoms. The molecule has 2 unspecified atom stereocenters. The quantitative estimate of drug-likeness (QED) is 0.0566. The summed E-state index contributed by atoms with van der Waals surface area (Å²) in [5.41, 5.74) is -5.15. The average Bonchev–Trinajstić information content (AvgIpc) is 1.70. The molecule has 0 aromatic carbocycles. The number of hydrogen-bond acceptors (Lipinski definition) is 25. The molecular weight excluding hydrogens is 1490 g/mol. The minimum absolute atomic E-state index is 0. The van der Waals surface area contributed by atoms with Crippen molar-refractivity contribution in [1.82, 2.24) is 36.0 Å². The summed E-state index contributed by atoms with van der Waals surface area (Å²) >= 11 is 0. The number of imide groups is 1. The zero-order chi connectivity index (χ0) is 88.4. The molecule has 0 aliphatic carbocycles. The Hall–Kier alpha value is -8.19. The summed E-state index contributed by atoms with van der Waals surface area (Å²) in [5.74, 6) is -3.64. The van der Waals surface area contributed by atoms with Crippen LogP contribution in [0.25, 0.3) is 0 Å². The number of ether oxygens (including phenoxy) is 9. The molecule has 7 fully saturated rings. The third-order valence-corrected chi connectivity index (χ3v) is 16.1. The number of hydrogen-bond donors (Lipinski definition) is 6. The lowest BCUT2D eigenvalue weighted by Crippen LogP contribution is -2.48. The summed E-state index contributed by atoms with van der Waals surface area (Å²) in [5, 5.41) is 29.6. The largest absolute Gasteiger partial charge is 0.480 e. The fourth-order valence-electron chi connectivity index (χ4n) is 11.8. The molecule has 0 aromatic rings. The van der Waals surface area contributed by atoms with Gasteiger partial charge in [-0.25, -0.2) is 43.3 Å². The molecule has 660 valence electrons. The zero-order valence-electron chi connectivity index (χ0n) is 73.4. The molecule has 31 nitrogen and oxygen atoms in total. The maximum Gasteiger partial charge on any atom is 0.417 e. The highest BCUT2D eigenvalue weighted by molar-refractivity contribution is 5.99. The van der Waals surface area contributed by atoms with Crippen molar-refractivity contribution in [3.05, 3.63) is 38.0 Å². The van der Waals surface area contributed by atoms with E-state index in [0.29, 0.717) is 63.5 Å². The van der Waals surface area contributed by atoms with E-state index in [1.165, 1.54) is 4.90 Å². The van der Waals surface area contributed by atoms with Crippen molar-refractivity contribution < 1.29 is 115 Å². The summed E-state index contributed by atoms with van der Waals surface area (Å²) in [7, 11) is 0. The number of likely N-dealkylation sites (tertiary alicyclic amines) is 3. The molecule has 7 aliphatic rings. The van der Waals surface area contributed by atoms with E-state index >= 15 is 0 Å². The molecule has 115 heavy (non-hydrogen) atoms. The molecule has 6 amide bonds. The molecule has 11 atom stereocenters. The van der Waals surface area contributed by atoms with Gasteiger partial charge in [-0.05, 0) is 277 Å². The Morgan fingerprint density at radius 2 is 0.661 bits per heavy atom. The minimum Gasteiger partial charge on any atom is -0.480 e. The number of carbonyl (C=O) groups is 13. The molecule has 0 radical (unpaired) electrons. The number of nitrogens with one attached hydrogen (secondary N) is 4. The molecule has 7 aliphatic heterocycles. The van der Waals surface area contributed by atoms with Crippen LogP contribution >= 0.6 is 0 Å². The number of carbonyl (C=O) groups excluding carboxylic acids is 12. The van der Waals surface area contributed by atoms with Gasteiger partial charge in [-0.2, -0.15) is 0 Å². The number of nitrogens with zero attached hydrogens (tertiary/aromatic N) is 3. The van der Waals surface area contributed by atoms with Gasteiger partial charge >= 0.3 is 60.1 Å². The SMILES string of the molecule is C.C=CCC1CC[C@@H](C(=O)OC(C)(C)C)N1C(=O)OC(C)(C)C.C=CC[C@@H]1CC[C@@H](C(=O)OC(C)(C)C)N1.C=CC[C@H]1CC[C@@H](C(=O)OC(C)(C)C)N1.CC(C)(C)OC(=O)[C@@H]1CCC(=O)N1.CC(C)(C)OC(=O)[C@@H]1CCC(=O)N1C(=O)OC(C)(C)C.CC(C)(C)OC(=O)[C@@H]1CCC(O)N1C(=O)OC(C)(C)C.O=C1CC[C@@H](C(=O)O)N1. The summed E-state index contributed by atoms with van der Waals surface area (Å²) in [4.78, 5) is 155. The van der Waals surface area contributed by atoms with Crippen LogP contribution in [0, 0.1) is 0 Å².